The summed E-state index contributed by atoms with van der Waals surface area (Å²) >= 11 is 0. The van der Waals surface area contributed by atoms with E-state index in [4.69, 9.17) is 9.47 Å². The molecule has 2 aromatic rings. The Hall–Kier alpha value is -4.08. The molecule has 2 rings (SSSR count). The summed E-state index contributed by atoms with van der Waals surface area (Å²) in [5.41, 5.74) is 0.174. The van der Waals surface area contributed by atoms with Gasteiger partial charge < -0.3 is 30.1 Å². The maximum atomic E-state index is 14.6. The van der Waals surface area contributed by atoms with Gasteiger partial charge in [0.05, 0.1) is 0 Å². The Balaban J connectivity index is 2.68. The fourth-order valence-electron chi connectivity index (χ4n) is 5.07. The van der Waals surface area contributed by atoms with E-state index in [2.05, 4.69) is 10.6 Å². The molecule has 0 fully saturated rings. The first-order chi connectivity index (χ1) is 21.7. The maximum Gasteiger partial charge on any atom is 0.408 e. The number of esters is 1. The van der Waals surface area contributed by atoms with Gasteiger partial charge in [0.25, 0.3) is 0 Å². The van der Waals surface area contributed by atoms with Crippen molar-refractivity contribution in [3.8, 4) is 5.75 Å². The van der Waals surface area contributed by atoms with Crippen molar-refractivity contribution in [2.45, 2.75) is 131 Å². The van der Waals surface area contributed by atoms with Crippen LogP contribution in [0, 0.1) is 12.8 Å². The minimum atomic E-state index is -1.22. The number of nitrogens with one attached hydrogen (secondary N) is 2. The molecule has 3 amide bonds. The van der Waals surface area contributed by atoms with E-state index in [1.807, 2.05) is 58.0 Å². The molecule has 10 nitrogen and oxygen atoms in total. The average molecular weight is 654 g/mol. The van der Waals surface area contributed by atoms with Gasteiger partial charge in [0, 0.05) is 12.5 Å². The SMILES string of the molecule is CCC(C)N(C(=O)C(CC(C)C)NC(=O)OC(C)(C)C)C(C(=O)NC(Cc1ccccc1)C(=O)OC(C)(C)C)c1ccc(O)c(C)c1. The first-order valence-corrected chi connectivity index (χ1v) is 16.4. The Morgan fingerprint density at radius 3 is 1.96 bits per heavy atom. The highest BCUT2D eigenvalue weighted by atomic mass is 16.6. The monoisotopic (exact) mass is 653 g/mol. The Morgan fingerprint density at radius 2 is 1.45 bits per heavy atom. The summed E-state index contributed by atoms with van der Waals surface area (Å²) in [7, 11) is 0. The minimum Gasteiger partial charge on any atom is -0.508 e. The van der Waals surface area contributed by atoms with Crippen LogP contribution in [0.4, 0.5) is 4.79 Å². The summed E-state index contributed by atoms with van der Waals surface area (Å²) < 4.78 is 11.2. The molecule has 0 aliphatic heterocycles. The summed E-state index contributed by atoms with van der Waals surface area (Å²) in [6.45, 7) is 19.8. The van der Waals surface area contributed by atoms with Crippen molar-refractivity contribution in [1.29, 1.82) is 0 Å². The number of alkyl carbamates (subject to hydrolysis) is 1. The highest BCUT2D eigenvalue weighted by Gasteiger charge is 2.40. The van der Waals surface area contributed by atoms with Crippen LogP contribution in [0.15, 0.2) is 48.5 Å². The van der Waals surface area contributed by atoms with Gasteiger partial charge in [-0.05, 0) is 103 Å². The molecule has 0 aliphatic carbocycles. The molecular weight excluding hydrogens is 598 g/mol. The summed E-state index contributed by atoms with van der Waals surface area (Å²) in [5, 5.41) is 16.0. The van der Waals surface area contributed by atoms with Crippen molar-refractivity contribution in [1.82, 2.24) is 15.5 Å². The van der Waals surface area contributed by atoms with E-state index < -0.39 is 59.2 Å². The van der Waals surface area contributed by atoms with E-state index in [9.17, 15) is 24.3 Å². The van der Waals surface area contributed by atoms with Gasteiger partial charge in [0.15, 0.2) is 0 Å². The van der Waals surface area contributed by atoms with Crippen LogP contribution in [-0.2, 0) is 30.3 Å². The molecule has 4 unspecified atom stereocenters. The molecule has 4 atom stereocenters. The van der Waals surface area contributed by atoms with Crippen LogP contribution in [0.5, 0.6) is 5.75 Å². The van der Waals surface area contributed by atoms with Gasteiger partial charge in [-0.25, -0.2) is 9.59 Å². The molecular formula is C37H55N3O7. The normalized spacial score (nSPS) is 14.4. The zero-order chi connectivity index (χ0) is 35.7. The van der Waals surface area contributed by atoms with Crippen molar-refractivity contribution >= 4 is 23.9 Å². The third kappa shape index (κ3) is 12.6. The lowest BCUT2D eigenvalue weighted by molar-refractivity contribution is -0.159. The van der Waals surface area contributed by atoms with Crippen molar-refractivity contribution in [2.24, 2.45) is 5.92 Å². The molecule has 10 heteroatoms. The Labute approximate surface area is 280 Å². The Morgan fingerprint density at radius 1 is 0.851 bits per heavy atom. The quantitative estimate of drug-likeness (QED) is 0.214. The molecule has 260 valence electrons. The van der Waals surface area contributed by atoms with Gasteiger partial charge in [0.2, 0.25) is 11.8 Å². The Kier molecular flexibility index (Phi) is 13.9. The van der Waals surface area contributed by atoms with E-state index in [0.29, 0.717) is 24.0 Å². The summed E-state index contributed by atoms with van der Waals surface area (Å²) in [4.78, 5) is 57.0. The number of amides is 3. The van der Waals surface area contributed by atoms with Gasteiger partial charge in [-0.2, -0.15) is 0 Å². The highest BCUT2D eigenvalue weighted by molar-refractivity contribution is 5.94. The lowest BCUT2D eigenvalue weighted by Crippen LogP contribution is -2.57. The van der Waals surface area contributed by atoms with E-state index >= 15 is 0 Å². The number of phenolic OH excluding ortho intramolecular Hbond substituents is 1. The minimum absolute atomic E-state index is 0.0169. The van der Waals surface area contributed by atoms with Crippen LogP contribution in [0.2, 0.25) is 0 Å². The number of ether oxygens (including phenoxy) is 2. The largest absolute Gasteiger partial charge is 0.508 e. The lowest BCUT2D eigenvalue weighted by Gasteiger charge is -2.39. The average Bonchev–Trinajstić information content (AvgIpc) is 2.94. The van der Waals surface area contributed by atoms with Crippen molar-refractivity contribution in [3.63, 3.8) is 0 Å². The third-order valence-corrected chi connectivity index (χ3v) is 7.37. The van der Waals surface area contributed by atoms with Crippen LogP contribution in [0.3, 0.4) is 0 Å². The van der Waals surface area contributed by atoms with Gasteiger partial charge >= 0.3 is 12.1 Å². The van der Waals surface area contributed by atoms with Crippen LogP contribution < -0.4 is 10.6 Å². The maximum absolute atomic E-state index is 14.6. The standard InChI is InChI=1S/C37H55N3O7/c1-12-25(5)40(33(43)28(20-23(2)3)39-35(45)47-37(9,10)11)31(27-18-19-30(41)24(4)21-27)32(42)38-29(34(44)46-36(6,7)8)22-26-16-14-13-15-17-26/h13-19,21,23,25,28-29,31,41H,12,20,22H2,1-11H3,(H,38,42)(H,39,45). The van der Waals surface area contributed by atoms with E-state index in [1.54, 1.807) is 60.6 Å². The van der Waals surface area contributed by atoms with Crippen LogP contribution in [0.1, 0.15) is 105 Å². The third-order valence-electron chi connectivity index (χ3n) is 7.37. The first kappa shape index (κ1) is 39.1. The summed E-state index contributed by atoms with van der Waals surface area (Å²) in [5.74, 6) is -1.63. The molecule has 0 aromatic heterocycles. The molecule has 0 spiro atoms. The van der Waals surface area contributed by atoms with Gasteiger partial charge in [-0.15, -0.1) is 0 Å². The highest BCUT2D eigenvalue weighted by Crippen LogP contribution is 2.30. The molecule has 3 N–H and O–H groups in total. The zero-order valence-electron chi connectivity index (χ0n) is 30.0. The molecule has 2 aromatic carbocycles. The number of aryl methyl sites for hydroxylation is 1. The molecule has 0 radical (unpaired) electrons. The molecule has 0 saturated carbocycles. The van der Waals surface area contributed by atoms with Crippen LogP contribution in [0.25, 0.3) is 0 Å². The smallest absolute Gasteiger partial charge is 0.408 e. The number of benzene rings is 2. The molecule has 0 heterocycles. The van der Waals surface area contributed by atoms with Crippen LogP contribution in [-0.4, -0.2) is 63.2 Å². The second-order valence-corrected chi connectivity index (χ2v) is 14.6. The molecule has 0 bridgehead atoms. The number of hydrogen-bond donors (Lipinski definition) is 3. The zero-order valence-corrected chi connectivity index (χ0v) is 30.0. The Bertz CT molecular complexity index is 1360. The first-order valence-electron chi connectivity index (χ1n) is 16.4. The second-order valence-electron chi connectivity index (χ2n) is 14.6. The number of nitrogens with zero attached hydrogens (tertiary/aromatic N) is 1. The van der Waals surface area contributed by atoms with Crippen molar-refractivity contribution in [3.05, 3.63) is 65.2 Å². The van der Waals surface area contributed by atoms with Crippen LogP contribution >= 0.6 is 0 Å². The summed E-state index contributed by atoms with van der Waals surface area (Å²) in [6, 6.07) is 10.3. The fourth-order valence-corrected chi connectivity index (χ4v) is 5.07. The molecule has 47 heavy (non-hydrogen) atoms. The van der Waals surface area contributed by atoms with Gasteiger partial charge in [0.1, 0.15) is 35.1 Å². The number of rotatable bonds is 13. The van der Waals surface area contributed by atoms with Crippen molar-refractivity contribution in [2.75, 3.05) is 0 Å². The van der Waals surface area contributed by atoms with Gasteiger partial charge in [-0.1, -0.05) is 57.2 Å². The topological polar surface area (TPSA) is 134 Å². The van der Waals surface area contributed by atoms with E-state index in [1.165, 1.54) is 11.0 Å². The molecule has 0 aliphatic rings. The lowest BCUT2D eigenvalue weighted by atomic mass is 9.95. The fraction of sp³-hybridized carbons (Fsp3) is 0.568. The molecule has 0 saturated heterocycles. The van der Waals surface area contributed by atoms with E-state index in [0.717, 1.165) is 5.56 Å². The number of phenols is 1. The number of carbonyl (C=O) groups is 4. The number of aromatic hydroxyl groups is 1. The van der Waals surface area contributed by atoms with Crippen molar-refractivity contribution < 1.29 is 33.8 Å². The summed E-state index contributed by atoms with van der Waals surface area (Å²) in [6.07, 6.45) is 0.209. The van der Waals surface area contributed by atoms with E-state index in [-0.39, 0.29) is 18.1 Å². The van der Waals surface area contributed by atoms with Gasteiger partial charge in [-0.3, -0.25) is 9.59 Å². The number of carbonyl (C=O) groups excluding carboxylic acids is 4. The predicted molar refractivity (Wildman–Crippen MR) is 183 cm³/mol. The second kappa shape index (κ2) is 16.7. The number of hydrogen-bond acceptors (Lipinski definition) is 7. The predicted octanol–water partition coefficient (Wildman–Crippen LogP) is 6.38.